The molecular weight excluding hydrogens is 304 g/mol. The third-order valence-electron chi connectivity index (χ3n) is 3.54. The molecular formula is C15H30N2O4S. The summed E-state index contributed by atoms with van der Waals surface area (Å²) in [7, 11) is -0.468. The van der Waals surface area contributed by atoms with E-state index in [1.54, 1.807) is 0 Å². The van der Waals surface area contributed by atoms with Crippen LogP contribution in [-0.2, 0) is 10.4 Å². The van der Waals surface area contributed by atoms with Crippen molar-refractivity contribution in [3.63, 3.8) is 0 Å². The number of nitrogens with zero attached hydrogens (tertiary/aromatic N) is 2. The van der Waals surface area contributed by atoms with Gasteiger partial charge in [-0.2, -0.15) is 8.42 Å². The minimum atomic E-state index is -4.67. The first-order valence-corrected chi connectivity index (χ1v) is 9.06. The van der Waals surface area contributed by atoms with Crippen LogP contribution in [0.5, 0.6) is 0 Å². The third-order valence-corrected chi connectivity index (χ3v) is 3.54. The topological polar surface area (TPSA) is 81.1 Å². The van der Waals surface area contributed by atoms with Gasteiger partial charge in [0, 0.05) is 39.1 Å². The van der Waals surface area contributed by atoms with Crippen LogP contribution in [0, 0.1) is 5.92 Å². The van der Waals surface area contributed by atoms with Gasteiger partial charge in [-0.05, 0) is 24.5 Å². The molecule has 6 nitrogen and oxygen atoms in total. The Morgan fingerprint density at radius 2 is 1.91 bits per heavy atom. The number of rotatable bonds is 7. The molecule has 1 heterocycles. The second-order valence-electron chi connectivity index (χ2n) is 5.66. The van der Waals surface area contributed by atoms with E-state index in [1.165, 1.54) is 37.9 Å². The van der Waals surface area contributed by atoms with E-state index in [9.17, 15) is 0 Å². The van der Waals surface area contributed by atoms with Gasteiger partial charge >= 0.3 is 10.4 Å². The van der Waals surface area contributed by atoms with Gasteiger partial charge in [0.25, 0.3) is 0 Å². The average molecular weight is 334 g/mol. The summed E-state index contributed by atoms with van der Waals surface area (Å²) in [5.41, 5.74) is 1.32. The van der Waals surface area contributed by atoms with E-state index < -0.39 is 10.4 Å². The normalized spacial score (nSPS) is 15.7. The summed E-state index contributed by atoms with van der Waals surface area (Å²) >= 11 is 0. The van der Waals surface area contributed by atoms with Gasteiger partial charge in [-0.1, -0.05) is 33.1 Å². The molecule has 0 aromatic heterocycles. The van der Waals surface area contributed by atoms with Crippen LogP contribution in [-0.4, -0.2) is 54.5 Å². The minimum Gasteiger partial charge on any atom is -0.378 e. The molecule has 0 radical (unpaired) electrons. The van der Waals surface area contributed by atoms with Gasteiger partial charge in [0.15, 0.2) is 0 Å². The largest absolute Gasteiger partial charge is 0.394 e. The number of hydrogen-bond acceptors (Lipinski definition) is 4. The van der Waals surface area contributed by atoms with Crippen molar-refractivity contribution in [2.75, 3.05) is 27.2 Å². The van der Waals surface area contributed by atoms with Crippen molar-refractivity contribution in [2.24, 2.45) is 5.92 Å². The van der Waals surface area contributed by atoms with Gasteiger partial charge < -0.3 is 9.80 Å². The summed E-state index contributed by atoms with van der Waals surface area (Å²) < 4.78 is 31.6. The first-order valence-electron chi connectivity index (χ1n) is 7.67. The molecule has 22 heavy (non-hydrogen) atoms. The van der Waals surface area contributed by atoms with Gasteiger partial charge in [-0.15, -0.1) is 0 Å². The van der Waals surface area contributed by atoms with Gasteiger partial charge in [0.1, 0.15) is 0 Å². The fraction of sp³-hybridized carbons (Fsp3) is 0.733. The summed E-state index contributed by atoms with van der Waals surface area (Å²) in [4.78, 5) is 4.61. The van der Waals surface area contributed by atoms with Crippen molar-refractivity contribution in [1.29, 1.82) is 0 Å². The van der Waals surface area contributed by atoms with Gasteiger partial charge in [-0.3, -0.25) is 9.11 Å². The highest BCUT2D eigenvalue weighted by atomic mass is 32.3. The number of unbranched alkanes of at least 4 members (excludes halogenated alkanes) is 1. The molecule has 1 aliphatic heterocycles. The molecule has 0 aromatic carbocycles. The van der Waals surface area contributed by atoms with E-state index >= 15 is 0 Å². The molecule has 0 bridgehead atoms. The highest BCUT2D eigenvalue weighted by Gasteiger charge is 2.11. The lowest BCUT2D eigenvalue weighted by atomic mass is 9.98. The number of likely N-dealkylation sites (N-methyl/N-ethyl adjacent to an activating group) is 1. The molecule has 0 saturated heterocycles. The molecule has 7 heteroatoms. The Morgan fingerprint density at radius 3 is 2.27 bits per heavy atom. The van der Waals surface area contributed by atoms with Crippen molar-refractivity contribution >= 4 is 10.4 Å². The van der Waals surface area contributed by atoms with E-state index in [0.717, 1.165) is 12.5 Å². The molecule has 0 fully saturated rings. The van der Waals surface area contributed by atoms with Crippen LogP contribution in [0.3, 0.4) is 0 Å². The molecule has 0 spiro atoms. The SMILES string of the molecule is CCCCC(CC)CN1C=CC(N(C)C)=CC1.O=S(=O)(O)O. The summed E-state index contributed by atoms with van der Waals surface area (Å²) in [5.74, 6) is 0.855. The lowest BCUT2D eigenvalue weighted by Gasteiger charge is -2.28. The Hall–Kier alpha value is -1.05. The summed E-state index contributed by atoms with van der Waals surface area (Å²) in [6.45, 7) is 6.87. The first kappa shape index (κ1) is 20.9. The Kier molecular flexibility index (Phi) is 10.1. The van der Waals surface area contributed by atoms with E-state index in [4.69, 9.17) is 17.5 Å². The van der Waals surface area contributed by atoms with Crippen molar-refractivity contribution < 1.29 is 17.5 Å². The van der Waals surface area contributed by atoms with E-state index in [0.29, 0.717) is 0 Å². The monoisotopic (exact) mass is 334 g/mol. The molecule has 0 aromatic rings. The minimum absolute atomic E-state index is 0.855. The van der Waals surface area contributed by atoms with Crippen LogP contribution in [0.15, 0.2) is 24.0 Å². The van der Waals surface area contributed by atoms with Crippen LogP contribution in [0.25, 0.3) is 0 Å². The quantitative estimate of drug-likeness (QED) is 0.697. The van der Waals surface area contributed by atoms with Crippen molar-refractivity contribution in [2.45, 2.75) is 39.5 Å². The maximum absolute atomic E-state index is 8.74. The summed E-state index contributed by atoms with van der Waals surface area (Å²) in [6, 6.07) is 0. The molecule has 0 saturated carbocycles. The van der Waals surface area contributed by atoms with Crippen molar-refractivity contribution in [3.8, 4) is 0 Å². The molecule has 0 aliphatic carbocycles. The maximum Gasteiger partial charge on any atom is 0.394 e. The highest BCUT2D eigenvalue weighted by Crippen LogP contribution is 2.17. The molecule has 1 aliphatic rings. The third kappa shape index (κ3) is 11.6. The van der Waals surface area contributed by atoms with Crippen LogP contribution >= 0.6 is 0 Å². The second kappa shape index (κ2) is 10.6. The predicted molar refractivity (Wildman–Crippen MR) is 90.0 cm³/mol. The predicted octanol–water partition coefficient (Wildman–Crippen LogP) is 2.82. The zero-order valence-corrected chi connectivity index (χ0v) is 14.9. The number of hydrogen-bond donors (Lipinski definition) is 2. The fourth-order valence-corrected chi connectivity index (χ4v) is 2.24. The molecule has 1 atom stereocenters. The van der Waals surface area contributed by atoms with E-state index in [1.807, 2.05) is 0 Å². The molecule has 0 amide bonds. The van der Waals surface area contributed by atoms with Gasteiger partial charge in [-0.25, -0.2) is 0 Å². The van der Waals surface area contributed by atoms with Crippen LogP contribution in [0.4, 0.5) is 0 Å². The number of allylic oxidation sites excluding steroid dienone is 1. The van der Waals surface area contributed by atoms with Crippen molar-refractivity contribution in [3.05, 3.63) is 24.0 Å². The molecule has 1 rings (SSSR count). The Balaban J connectivity index is 0.000000763. The van der Waals surface area contributed by atoms with Crippen LogP contribution in [0.2, 0.25) is 0 Å². The standard InChI is InChI=1S/C15H28N2.H2O4S/c1-5-7-8-14(6-2)13-17-11-9-15(10-12-17)16(3)4;1-5(2,3)4/h9-11,14H,5-8,12-13H2,1-4H3;(H2,1,2,3,4). The second-order valence-corrected chi connectivity index (χ2v) is 6.55. The zero-order chi connectivity index (χ0) is 17.2. The Morgan fingerprint density at radius 1 is 1.32 bits per heavy atom. The van der Waals surface area contributed by atoms with E-state index in [2.05, 4.69) is 56.1 Å². The smallest absolute Gasteiger partial charge is 0.378 e. The Labute approximate surface area is 135 Å². The lowest BCUT2D eigenvalue weighted by Crippen LogP contribution is -2.28. The molecule has 130 valence electrons. The maximum atomic E-state index is 8.74. The summed E-state index contributed by atoms with van der Waals surface area (Å²) in [5, 5.41) is 0. The lowest BCUT2D eigenvalue weighted by molar-refractivity contribution is 0.300. The van der Waals surface area contributed by atoms with Crippen LogP contribution < -0.4 is 0 Å². The summed E-state index contributed by atoms with van der Waals surface area (Å²) in [6.07, 6.45) is 12.1. The average Bonchev–Trinajstić information content (AvgIpc) is 2.42. The molecule has 2 N–H and O–H groups in total. The van der Waals surface area contributed by atoms with Gasteiger partial charge in [0.05, 0.1) is 0 Å². The first-order chi connectivity index (χ1) is 10.2. The molecule has 1 unspecified atom stereocenters. The van der Waals surface area contributed by atoms with Crippen molar-refractivity contribution in [1.82, 2.24) is 9.80 Å². The fourth-order valence-electron chi connectivity index (χ4n) is 2.24. The van der Waals surface area contributed by atoms with Crippen LogP contribution in [0.1, 0.15) is 39.5 Å². The highest BCUT2D eigenvalue weighted by molar-refractivity contribution is 7.79. The van der Waals surface area contributed by atoms with Gasteiger partial charge in [0.2, 0.25) is 0 Å². The van der Waals surface area contributed by atoms with E-state index in [-0.39, 0.29) is 0 Å². The zero-order valence-electron chi connectivity index (χ0n) is 14.1. The Bertz CT molecular complexity index is 450.